The summed E-state index contributed by atoms with van der Waals surface area (Å²) in [4.78, 5) is 13.6. The van der Waals surface area contributed by atoms with E-state index in [4.69, 9.17) is 0 Å². The summed E-state index contributed by atoms with van der Waals surface area (Å²) in [7, 11) is 1.44. The van der Waals surface area contributed by atoms with Gasteiger partial charge in [-0.15, -0.1) is 0 Å². The number of carbonyl (C=O) groups excluding carboxylic acids is 1. The maximum absolute atomic E-state index is 11.1. The third kappa shape index (κ3) is 3.23. The first kappa shape index (κ1) is 13.8. The molecular weight excluding hydrogens is 230 g/mol. The number of likely N-dealkylation sites (tertiary alicyclic amines) is 1. The van der Waals surface area contributed by atoms with Crippen molar-refractivity contribution in [2.24, 2.45) is 5.92 Å². The largest absolute Gasteiger partial charge is 0.469 e. The molecule has 104 valence electrons. The predicted molar refractivity (Wildman–Crippen MR) is 69.2 cm³/mol. The number of nitrogens with zero attached hydrogens (tertiary/aromatic N) is 1. The van der Waals surface area contributed by atoms with Gasteiger partial charge in [-0.2, -0.15) is 0 Å². The van der Waals surface area contributed by atoms with Crippen molar-refractivity contribution in [3.8, 4) is 0 Å². The summed E-state index contributed by atoms with van der Waals surface area (Å²) in [6.07, 6.45) is 7.01. The van der Waals surface area contributed by atoms with Crippen LogP contribution < -0.4 is 0 Å². The summed E-state index contributed by atoms with van der Waals surface area (Å²) >= 11 is 0. The van der Waals surface area contributed by atoms with Crippen LogP contribution in [0, 0.1) is 5.92 Å². The third-order valence-corrected chi connectivity index (χ3v) is 4.49. The fraction of sp³-hybridized carbons (Fsp3) is 0.929. The normalized spacial score (nSPS) is 32.9. The molecule has 0 bridgehead atoms. The Morgan fingerprint density at radius 2 is 2.17 bits per heavy atom. The Bertz CT molecular complexity index is 282. The van der Waals surface area contributed by atoms with E-state index < -0.39 is 0 Å². The molecule has 1 saturated carbocycles. The molecule has 1 N–H and O–H groups in total. The lowest BCUT2D eigenvalue weighted by atomic mass is 9.94. The second kappa shape index (κ2) is 6.53. The highest BCUT2D eigenvalue weighted by atomic mass is 16.5. The molecule has 18 heavy (non-hydrogen) atoms. The molecule has 1 saturated heterocycles. The Morgan fingerprint density at radius 3 is 2.83 bits per heavy atom. The molecular formula is C14H25NO3. The zero-order chi connectivity index (χ0) is 13.0. The van der Waals surface area contributed by atoms with Crippen molar-refractivity contribution in [2.75, 3.05) is 20.2 Å². The van der Waals surface area contributed by atoms with Gasteiger partial charge in [0.25, 0.3) is 0 Å². The zero-order valence-corrected chi connectivity index (χ0v) is 11.3. The standard InChI is InChI=1S/C14H25NO3/c1-18-14(17)8-4-10-15-9-3-6-12(15)11-5-2-7-13(11)16/h11-13,16H,2-10H2,1H3. The molecule has 2 aliphatic rings. The van der Waals surface area contributed by atoms with Crippen molar-refractivity contribution >= 4 is 5.97 Å². The van der Waals surface area contributed by atoms with E-state index in [0.717, 1.165) is 25.9 Å². The number of esters is 1. The summed E-state index contributed by atoms with van der Waals surface area (Å²) < 4.78 is 4.66. The second-order valence-corrected chi connectivity index (χ2v) is 5.59. The van der Waals surface area contributed by atoms with Crippen LogP contribution >= 0.6 is 0 Å². The molecule has 2 rings (SSSR count). The van der Waals surface area contributed by atoms with Gasteiger partial charge in [-0.3, -0.25) is 9.69 Å². The molecule has 1 heterocycles. The van der Waals surface area contributed by atoms with Crippen molar-refractivity contribution in [3.63, 3.8) is 0 Å². The minimum Gasteiger partial charge on any atom is -0.469 e. The van der Waals surface area contributed by atoms with Gasteiger partial charge in [0.05, 0.1) is 13.2 Å². The molecule has 1 aliphatic heterocycles. The van der Waals surface area contributed by atoms with Crippen LogP contribution in [0.3, 0.4) is 0 Å². The van der Waals surface area contributed by atoms with Gasteiger partial charge >= 0.3 is 5.97 Å². The molecule has 0 aromatic heterocycles. The maximum Gasteiger partial charge on any atom is 0.305 e. The highest BCUT2D eigenvalue weighted by molar-refractivity contribution is 5.69. The minimum atomic E-state index is -0.119. The topological polar surface area (TPSA) is 49.8 Å². The van der Waals surface area contributed by atoms with E-state index in [0.29, 0.717) is 18.4 Å². The average Bonchev–Trinajstić information content (AvgIpc) is 2.97. The molecule has 1 aliphatic carbocycles. The predicted octanol–water partition coefficient (Wildman–Crippen LogP) is 1.56. The second-order valence-electron chi connectivity index (χ2n) is 5.59. The Morgan fingerprint density at radius 1 is 1.33 bits per heavy atom. The first-order valence-corrected chi connectivity index (χ1v) is 7.21. The van der Waals surface area contributed by atoms with Crippen LogP contribution in [-0.2, 0) is 9.53 Å². The molecule has 4 heteroatoms. The zero-order valence-electron chi connectivity index (χ0n) is 11.3. The molecule has 0 aromatic rings. The highest BCUT2D eigenvalue weighted by Crippen LogP contribution is 2.35. The Kier molecular flexibility index (Phi) is 5.01. The van der Waals surface area contributed by atoms with Crippen LogP contribution in [0.25, 0.3) is 0 Å². The number of ether oxygens (including phenoxy) is 1. The molecule has 4 nitrogen and oxygen atoms in total. The van der Waals surface area contributed by atoms with Gasteiger partial charge in [0.2, 0.25) is 0 Å². The fourth-order valence-corrected chi connectivity index (χ4v) is 3.56. The lowest BCUT2D eigenvalue weighted by molar-refractivity contribution is -0.140. The van der Waals surface area contributed by atoms with E-state index in [-0.39, 0.29) is 12.1 Å². The Labute approximate surface area is 109 Å². The molecule has 3 atom stereocenters. The van der Waals surface area contributed by atoms with Gasteiger partial charge in [-0.1, -0.05) is 6.42 Å². The number of hydrogen-bond acceptors (Lipinski definition) is 4. The van der Waals surface area contributed by atoms with Crippen LogP contribution in [0.15, 0.2) is 0 Å². The van der Waals surface area contributed by atoms with Gasteiger partial charge in [0.1, 0.15) is 0 Å². The molecule has 2 fully saturated rings. The van der Waals surface area contributed by atoms with Crippen molar-refractivity contribution < 1.29 is 14.6 Å². The SMILES string of the molecule is COC(=O)CCCN1CCCC1C1CCCC1O. The first-order chi connectivity index (χ1) is 8.72. The van der Waals surface area contributed by atoms with Crippen LogP contribution in [0.5, 0.6) is 0 Å². The van der Waals surface area contributed by atoms with Gasteiger partial charge in [-0.05, 0) is 45.2 Å². The van der Waals surface area contributed by atoms with Gasteiger partial charge in [-0.25, -0.2) is 0 Å². The monoisotopic (exact) mass is 255 g/mol. The van der Waals surface area contributed by atoms with Crippen LogP contribution in [-0.4, -0.2) is 48.3 Å². The van der Waals surface area contributed by atoms with Gasteiger partial charge < -0.3 is 9.84 Å². The Hall–Kier alpha value is -0.610. The van der Waals surface area contributed by atoms with Crippen LogP contribution in [0.2, 0.25) is 0 Å². The summed E-state index contributed by atoms with van der Waals surface area (Å²) in [5.74, 6) is 0.345. The van der Waals surface area contributed by atoms with Crippen molar-refractivity contribution in [3.05, 3.63) is 0 Å². The molecule has 0 amide bonds. The molecule has 0 radical (unpaired) electrons. The number of methoxy groups -OCH3 is 1. The minimum absolute atomic E-state index is 0.101. The van der Waals surface area contributed by atoms with E-state index in [2.05, 4.69) is 9.64 Å². The fourth-order valence-electron chi connectivity index (χ4n) is 3.56. The Balaban J connectivity index is 1.78. The summed E-state index contributed by atoms with van der Waals surface area (Å²) in [6.45, 7) is 2.08. The first-order valence-electron chi connectivity index (χ1n) is 7.21. The number of aliphatic hydroxyl groups excluding tert-OH is 1. The van der Waals surface area contributed by atoms with Crippen molar-refractivity contribution in [1.29, 1.82) is 0 Å². The van der Waals surface area contributed by atoms with E-state index >= 15 is 0 Å². The number of carbonyl (C=O) groups is 1. The number of rotatable bonds is 5. The van der Waals surface area contributed by atoms with Gasteiger partial charge in [0, 0.05) is 18.4 Å². The molecule has 0 spiro atoms. The maximum atomic E-state index is 11.1. The van der Waals surface area contributed by atoms with E-state index in [1.807, 2.05) is 0 Å². The van der Waals surface area contributed by atoms with Crippen molar-refractivity contribution in [2.45, 2.75) is 57.1 Å². The molecule has 0 aromatic carbocycles. The van der Waals surface area contributed by atoms with E-state index in [1.165, 1.54) is 32.8 Å². The summed E-state index contributed by atoms with van der Waals surface area (Å²) in [5.41, 5.74) is 0. The molecule has 3 unspecified atom stereocenters. The van der Waals surface area contributed by atoms with Gasteiger partial charge in [0.15, 0.2) is 0 Å². The highest BCUT2D eigenvalue weighted by Gasteiger charge is 2.37. The van der Waals surface area contributed by atoms with Crippen LogP contribution in [0.4, 0.5) is 0 Å². The van der Waals surface area contributed by atoms with E-state index in [1.54, 1.807) is 0 Å². The van der Waals surface area contributed by atoms with E-state index in [9.17, 15) is 9.90 Å². The quantitative estimate of drug-likeness (QED) is 0.758. The average molecular weight is 255 g/mol. The van der Waals surface area contributed by atoms with Crippen molar-refractivity contribution in [1.82, 2.24) is 4.90 Å². The number of aliphatic hydroxyl groups is 1. The summed E-state index contributed by atoms with van der Waals surface area (Å²) in [5, 5.41) is 10.0. The summed E-state index contributed by atoms with van der Waals surface area (Å²) in [6, 6.07) is 0.542. The smallest absolute Gasteiger partial charge is 0.305 e. The third-order valence-electron chi connectivity index (χ3n) is 4.49. The lowest BCUT2D eigenvalue weighted by Gasteiger charge is -2.31. The lowest BCUT2D eigenvalue weighted by Crippen LogP contribution is -2.39. The number of hydrogen-bond donors (Lipinski definition) is 1. The van der Waals surface area contributed by atoms with Crippen LogP contribution in [0.1, 0.15) is 44.9 Å².